The summed E-state index contributed by atoms with van der Waals surface area (Å²) in [5, 5.41) is 16.2. The Morgan fingerprint density at radius 3 is 2.54 bits per heavy atom. The quantitative estimate of drug-likeness (QED) is 0.162. The van der Waals surface area contributed by atoms with Gasteiger partial charge in [-0.2, -0.15) is 9.78 Å². The van der Waals surface area contributed by atoms with Gasteiger partial charge >= 0.3 is 0 Å². The van der Waals surface area contributed by atoms with Crippen LogP contribution in [0.4, 0.5) is 11.4 Å². The van der Waals surface area contributed by atoms with Gasteiger partial charge in [-0.25, -0.2) is 4.98 Å². The van der Waals surface area contributed by atoms with Crippen LogP contribution in [0.5, 0.6) is 5.75 Å². The minimum absolute atomic E-state index is 0.0318. The first-order valence-electron chi connectivity index (χ1n) is 13.1. The smallest absolute Gasteiger partial charge is 0.282 e. The van der Waals surface area contributed by atoms with Gasteiger partial charge in [0.2, 0.25) is 0 Å². The molecule has 0 saturated heterocycles. The molecule has 0 amide bonds. The molecule has 1 saturated carbocycles. The fourth-order valence-electron chi connectivity index (χ4n) is 4.91. The number of hydrogen-bond acceptors (Lipinski definition) is 7. The van der Waals surface area contributed by atoms with Crippen LogP contribution in [0.15, 0.2) is 76.6 Å². The van der Waals surface area contributed by atoms with Gasteiger partial charge in [0.25, 0.3) is 11.2 Å². The van der Waals surface area contributed by atoms with Gasteiger partial charge in [0, 0.05) is 49.5 Å². The number of non-ortho nitro benzene ring substituents is 1. The number of nitrogens with zero attached hydrogens (tertiary/aromatic N) is 5. The predicted octanol–water partition coefficient (Wildman–Crippen LogP) is 5.88. The minimum atomic E-state index is -0.426. The van der Waals surface area contributed by atoms with E-state index in [1.54, 1.807) is 24.4 Å². The molecule has 0 unspecified atom stereocenters. The molecule has 4 aromatic rings. The van der Waals surface area contributed by atoms with E-state index in [9.17, 15) is 14.9 Å². The van der Waals surface area contributed by atoms with Crippen molar-refractivity contribution in [1.29, 1.82) is 0 Å². The summed E-state index contributed by atoms with van der Waals surface area (Å²) in [6.45, 7) is 0.223. The maximum atomic E-state index is 13.6. The number of ether oxygens (including phenoxy) is 1. The Hall–Kier alpha value is -4.53. The molecular formula is C30H31N5O4. The molecule has 0 aliphatic heterocycles. The molecule has 0 N–H and O–H groups in total. The Bertz CT molecular complexity index is 1570. The summed E-state index contributed by atoms with van der Waals surface area (Å²) >= 11 is 0. The number of benzene rings is 3. The summed E-state index contributed by atoms with van der Waals surface area (Å²) in [7, 11) is 3.89. The molecule has 39 heavy (non-hydrogen) atoms. The first kappa shape index (κ1) is 26.1. The van der Waals surface area contributed by atoms with Crippen LogP contribution in [-0.4, -0.2) is 34.9 Å². The van der Waals surface area contributed by atoms with Gasteiger partial charge < -0.3 is 9.64 Å². The van der Waals surface area contributed by atoms with Crippen molar-refractivity contribution in [3.8, 4) is 5.75 Å². The lowest BCUT2D eigenvalue weighted by Gasteiger charge is -2.22. The van der Waals surface area contributed by atoms with Crippen LogP contribution in [0.1, 0.15) is 55.0 Å². The maximum Gasteiger partial charge on any atom is 0.282 e. The van der Waals surface area contributed by atoms with E-state index in [-0.39, 0.29) is 23.8 Å². The monoisotopic (exact) mass is 525 g/mol. The molecule has 1 heterocycles. The van der Waals surface area contributed by atoms with Crippen molar-refractivity contribution in [2.24, 2.45) is 5.10 Å². The van der Waals surface area contributed by atoms with Crippen LogP contribution in [0.2, 0.25) is 0 Å². The summed E-state index contributed by atoms with van der Waals surface area (Å²) in [6, 6.07) is 19.5. The molecule has 5 rings (SSSR count). The number of hydrogen-bond donors (Lipinski definition) is 0. The third kappa shape index (κ3) is 5.82. The standard InChI is InChI=1S/C30H31N5O4/c1-33(2)25-17-14-23(28(18-25)39-20-21-12-15-24(16-13-21)35(37)38)19-31-34-29(22-8-4-3-5-9-22)32-27-11-7-6-10-26(27)30(34)36/h6-7,10-19,22H,3-5,8-9,20H2,1-2H3. The molecular weight excluding hydrogens is 494 g/mol. The van der Waals surface area contributed by atoms with Gasteiger partial charge in [-0.3, -0.25) is 14.9 Å². The Balaban J connectivity index is 1.50. The largest absolute Gasteiger partial charge is 0.488 e. The topological polar surface area (TPSA) is 103 Å². The van der Waals surface area contributed by atoms with Crippen LogP contribution in [0.3, 0.4) is 0 Å². The van der Waals surface area contributed by atoms with Crippen molar-refractivity contribution in [2.45, 2.75) is 44.6 Å². The van der Waals surface area contributed by atoms with Gasteiger partial charge in [0.05, 0.1) is 22.0 Å². The van der Waals surface area contributed by atoms with Crippen LogP contribution < -0.4 is 15.2 Å². The van der Waals surface area contributed by atoms with Gasteiger partial charge in [0.15, 0.2) is 0 Å². The van der Waals surface area contributed by atoms with Crippen LogP contribution in [0.25, 0.3) is 10.9 Å². The summed E-state index contributed by atoms with van der Waals surface area (Å²) in [4.78, 5) is 31.0. The Labute approximate surface area is 226 Å². The zero-order valence-corrected chi connectivity index (χ0v) is 22.1. The average Bonchev–Trinajstić information content (AvgIpc) is 2.96. The first-order valence-corrected chi connectivity index (χ1v) is 13.1. The molecule has 1 aromatic heterocycles. The molecule has 3 aromatic carbocycles. The van der Waals surface area contributed by atoms with E-state index >= 15 is 0 Å². The zero-order valence-electron chi connectivity index (χ0n) is 22.1. The van der Waals surface area contributed by atoms with E-state index in [0.717, 1.165) is 36.9 Å². The summed E-state index contributed by atoms with van der Waals surface area (Å²) in [5.74, 6) is 1.47. The number of para-hydroxylation sites is 1. The number of nitro groups is 1. The number of nitro benzene ring substituents is 1. The normalized spacial score (nSPS) is 14.1. The van der Waals surface area contributed by atoms with Crippen molar-refractivity contribution >= 4 is 28.5 Å². The van der Waals surface area contributed by atoms with E-state index in [1.165, 1.54) is 23.2 Å². The molecule has 1 aliphatic carbocycles. The van der Waals surface area contributed by atoms with E-state index in [0.29, 0.717) is 28.0 Å². The molecule has 0 spiro atoms. The fourth-order valence-corrected chi connectivity index (χ4v) is 4.91. The lowest BCUT2D eigenvalue weighted by molar-refractivity contribution is -0.384. The average molecular weight is 526 g/mol. The van der Waals surface area contributed by atoms with E-state index in [1.807, 2.05) is 55.4 Å². The molecule has 9 nitrogen and oxygen atoms in total. The van der Waals surface area contributed by atoms with E-state index < -0.39 is 4.92 Å². The summed E-state index contributed by atoms with van der Waals surface area (Å²) in [5.41, 5.74) is 2.99. The maximum absolute atomic E-state index is 13.6. The lowest BCUT2D eigenvalue weighted by Crippen LogP contribution is -2.25. The molecule has 0 bridgehead atoms. The van der Waals surface area contributed by atoms with Crippen molar-refractivity contribution in [1.82, 2.24) is 9.66 Å². The second-order valence-corrected chi connectivity index (χ2v) is 10.0. The van der Waals surface area contributed by atoms with Crippen molar-refractivity contribution in [2.75, 3.05) is 19.0 Å². The zero-order chi connectivity index (χ0) is 27.4. The van der Waals surface area contributed by atoms with Crippen LogP contribution in [0, 0.1) is 10.1 Å². The van der Waals surface area contributed by atoms with E-state index in [4.69, 9.17) is 9.72 Å². The van der Waals surface area contributed by atoms with Crippen molar-refractivity contribution in [3.63, 3.8) is 0 Å². The van der Waals surface area contributed by atoms with Gasteiger partial charge in [-0.1, -0.05) is 31.4 Å². The third-order valence-corrected chi connectivity index (χ3v) is 7.12. The Morgan fingerprint density at radius 2 is 1.82 bits per heavy atom. The first-order chi connectivity index (χ1) is 18.9. The Kier molecular flexibility index (Phi) is 7.67. The van der Waals surface area contributed by atoms with Gasteiger partial charge in [0.1, 0.15) is 18.2 Å². The predicted molar refractivity (Wildman–Crippen MR) is 153 cm³/mol. The van der Waals surface area contributed by atoms with Gasteiger partial charge in [-0.15, -0.1) is 0 Å². The summed E-state index contributed by atoms with van der Waals surface area (Å²) < 4.78 is 7.62. The SMILES string of the molecule is CN(C)c1ccc(C=Nn2c(C3CCCCC3)nc3ccccc3c2=O)c(OCc2ccc([N+](=O)[O-])cc2)c1. The Morgan fingerprint density at radius 1 is 1.08 bits per heavy atom. The van der Waals surface area contributed by atoms with E-state index in [2.05, 4.69) is 5.10 Å². The van der Waals surface area contributed by atoms with Gasteiger partial charge in [-0.05, 0) is 54.8 Å². The molecule has 1 aliphatic rings. The number of aromatic nitrogens is 2. The molecule has 1 fully saturated rings. The third-order valence-electron chi connectivity index (χ3n) is 7.12. The van der Waals surface area contributed by atoms with Crippen molar-refractivity contribution in [3.05, 3.63) is 104 Å². The fraction of sp³-hybridized carbons (Fsp3) is 0.300. The van der Waals surface area contributed by atoms with Crippen LogP contribution >= 0.6 is 0 Å². The lowest BCUT2D eigenvalue weighted by atomic mass is 9.88. The second-order valence-electron chi connectivity index (χ2n) is 10.0. The highest BCUT2D eigenvalue weighted by Crippen LogP contribution is 2.32. The highest BCUT2D eigenvalue weighted by atomic mass is 16.6. The second kappa shape index (κ2) is 11.5. The summed E-state index contributed by atoms with van der Waals surface area (Å²) in [6.07, 6.45) is 7.05. The molecule has 0 radical (unpaired) electrons. The van der Waals surface area contributed by atoms with Crippen LogP contribution in [-0.2, 0) is 6.61 Å². The number of rotatable bonds is 8. The number of fused-ring (bicyclic) bond motifs is 1. The highest BCUT2D eigenvalue weighted by Gasteiger charge is 2.22. The minimum Gasteiger partial charge on any atom is -0.488 e. The highest BCUT2D eigenvalue weighted by molar-refractivity contribution is 5.85. The molecule has 0 atom stereocenters. The molecule has 200 valence electrons. The van der Waals surface area contributed by atoms with Crippen molar-refractivity contribution < 1.29 is 9.66 Å². The number of anilines is 1. The molecule has 9 heteroatoms.